The Morgan fingerprint density at radius 3 is 2.38 bits per heavy atom. The number of nitrogens with one attached hydrogen (secondary N) is 1. The lowest BCUT2D eigenvalue weighted by Crippen LogP contribution is -2.49. The average molecular weight is 558 g/mol. The summed E-state index contributed by atoms with van der Waals surface area (Å²) in [6.07, 6.45) is 1.59. The molecule has 0 bridgehead atoms. The molecular formula is C28H24BrN5O3. The van der Waals surface area contributed by atoms with Gasteiger partial charge in [0.25, 0.3) is 0 Å². The maximum absolute atomic E-state index is 12.7. The Bertz CT molecular complexity index is 1540. The van der Waals surface area contributed by atoms with E-state index in [1.165, 1.54) is 0 Å². The second-order valence-electron chi connectivity index (χ2n) is 8.86. The van der Waals surface area contributed by atoms with Crippen LogP contribution in [0.5, 0.6) is 11.5 Å². The van der Waals surface area contributed by atoms with Crippen molar-refractivity contribution in [2.45, 2.75) is 0 Å². The van der Waals surface area contributed by atoms with Gasteiger partial charge >= 0.3 is 0 Å². The number of carbonyl (C=O) groups is 1. The van der Waals surface area contributed by atoms with Crippen molar-refractivity contribution in [2.75, 3.05) is 42.9 Å². The van der Waals surface area contributed by atoms with Crippen LogP contribution in [-0.2, 0) is 4.79 Å². The van der Waals surface area contributed by atoms with Crippen molar-refractivity contribution >= 4 is 55.4 Å². The Kier molecular flexibility index (Phi) is 6.46. The number of hydrogen-bond acceptors (Lipinski definition) is 7. The highest BCUT2D eigenvalue weighted by molar-refractivity contribution is 9.10. The molecule has 2 aromatic heterocycles. The van der Waals surface area contributed by atoms with Crippen LogP contribution >= 0.6 is 15.9 Å². The van der Waals surface area contributed by atoms with Crippen molar-refractivity contribution in [3.63, 3.8) is 0 Å². The van der Waals surface area contributed by atoms with E-state index in [4.69, 9.17) is 9.15 Å². The molecule has 1 aliphatic rings. The van der Waals surface area contributed by atoms with Crippen LogP contribution in [0.15, 0.2) is 88.0 Å². The highest BCUT2D eigenvalue weighted by Crippen LogP contribution is 2.32. The molecule has 0 saturated carbocycles. The van der Waals surface area contributed by atoms with E-state index in [9.17, 15) is 4.79 Å². The summed E-state index contributed by atoms with van der Waals surface area (Å²) in [4.78, 5) is 26.0. The summed E-state index contributed by atoms with van der Waals surface area (Å²) in [5.41, 5.74) is 3.08. The van der Waals surface area contributed by atoms with E-state index >= 15 is 0 Å². The number of fused-ring (bicyclic) bond motifs is 3. The highest BCUT2D eigenvalue weighted by Gasteiger charge is 2.23. The zero-order valence-corrected chi connectivity index (χ0v) is 21.5. The van der Waals surface area contributed by atoms with Crippen molar-refractivity contribution in [1.82, 2.24) is 14.9 Å². The summed E-state index contributed by atoms with van der Waals surface area (Å²) in [7, 11) is 0. The molecule has 0 radical (unpaired) electrons. The van der Waals surface area contributed by atoms with Gasteiger partial charge in [0, 0.05) is 41.7 Å². The number of furan rings is 1. The Hall–Kier alpha value is -3.95. The Labute approximate surface area is 222 Å². The Balaban J connectivity index is 1.03. The first kappa shape index (κ1) is 23.4. The van der Waals surface area contributed by atoms with Gasteiger partial charge in [0.15, 0.2) is 11.4 Å². The zero-order valence-electron chi connectivity index (χ0n) is 19.9. The number of halogens is 1. The molecule has 1 N–H and O–H groups in total. The van der Waals surface area contributed by atoms with Crippen LogP contribution in [0.25, 0.3) is 22.1 Å². The second kappa shape index (κ2) is 10.2. The van der Waals surface area contributed by atoms with Gasteiger partial charge in [-0.2, -0.15) is 0 Å². The molecule has 3 aromatic carbocycles. The molecule has 0 aliphatic carbocycles. The van der Waals surface area contributed by atoms with E-state index in [-0.39, 0.29) is 5.91 Å². The topological polar surface area (TPSA) is 83.7 Å². The molecule has 3 heterocycles. The zero-order chi connectivity index (χ0) is 25.2. The van der Waals surface area contributed by atoms with E-state index in [0.717, 1.165) is 64.4 Å². The van der Waals surface area contributed by atoms with Gasteiger partial charge in [0.1, 0.15) is 28.9 Å². The smallest absolute Gasteiger partial charge is 0.238 e. The average Bonchev–Trinajstić information content (AvgIpc) is 3.31. The minimum atomic E-state index is -0.0447. The van der Waals surface area contributed by atoms with Crippen molar-refractivity contribution in [3.05, 3.63) is 83.6 Å². The van der Waals surface area contributed by atoms with Crippen LogP contribution < -0.4 is 15.0 Å². The molecular weight excluding hydrogens is 534 g/mol. The molecule has 0 unspecified atom stereocenters. The predicted octanol–water partition coefficient (Wildman–Crippen LogP) is 5.69. The van der Waals surface area contributed by atoms with Gasteiger partial charge in [-0.3, -0.25) is 9.69 Å². The van der Waals surface area contributed by atoms with Crippen LogP contribution in [0.2, 0.25) is 0 Å². The molecule has 1 aliphatic heterocycles. The van der Waals surface area contributed by atoms with Crippen molar-refractivity contribution in [1.29, 1.82) is 0 Å². The van der Waals surface area contributed by atoms with Crippen molar-refractivity contribution in [3.8, 4) is 11.5 Å². The lowest BCUT2D eigenvalue weighted by molar-refractivity contribution is -0.117. The molecule has 0 atom stereocenters. The lowest BCUT2D eigenvalue weighted by Gasteiger charge is -2.34. The number of carbonyl (C=O) groups excluding carboxylic acids is 1. The first-order valence-corrected chi connectivity index (χ1v) is 12.8. The monoisotopic (exact) mass is 557 g/mol. The summed E-state index contributed by atoms with van der Waals surface area (Å²) in [6, 6.07) is 22.9. The Morgan fingerprint density at radius 2 is 1.62 bits per heavy atom. The SMILES string of the molecule is O=C(CN1CCN(c2ncnc3c2oc2ccccc23)CC1)Nc1ccc(Oc2ccc(Br)cc2)cc1. The van der Waals surface area contributed by atoms with Crippen molar-refractivity contribution < 1.29 is 13.9 Å². The minimum absolute atomic E-state index is 0.0447. The molecule has 8 nitrogen and oxygen atoms in total. The number of anilines is 2. The summed E-state index contributed by atoms with van der Waals surface area (Å²) in [5.74, 6) is 2.22. The lowest BCUT2D eigenvalue weighted by atomic mass is 10.2. The second-order valence-corrected chi connectivity index (χ2v) is 9.78. The predicted molar refractivity (Wildman–Crippen MR) is 147 cm³/mol. The summed E-state index contributed by atoms with van der Waals surface area (Å²) in [6.45, 7) is 3.32. The first-order chi connectivity index (χ1) is 18.1. The number of aromatic nitrogens is 2. The van der Waals surface area contributed by atoms with Gasteiger partial charge in [-0.05, 0) is 60.7 Å². The number of nitrogens with zero attached hydrogens (tertiary/aromatic N) is 4. The largest absolute Gasteiger partial charge is 0.457 e. The van der Waals surface area contributed by atoms with Crippen LogP contribution in [-0.4, -0.2) is 53.5 Å². The fourth-order valence-corrected chi connectivity index (χ4v) is 4.77. The van der Waals surface area contributed by atoms with Gasteiger partial charge in [-0.25, -0.2) is 9.97 Å². The van der Waals surface area contributed by atoms with Crippen LogP contribution in [0, 0.1) is 0 Å². The van der Waals surface area contributed by atoms with E-state index in [2.05, 4.69) is 41.0 Å². The van der Waals surface area contributed by atoms with Gasteiger partial charge < -0.3 is 19.4 Å². The van der Waals surface area contributed by atoms with Crippen LogP contribution in [0.1, 0.15) is 0 Å². The number of ether oxygens (including phenoxy) is 1. The fraction of sp³-hybridized carbons (Fsp3) is 0.179. The Morgan fingerprint density at radius 1 is 0.919 bits per heavy atom. The quantitative estimate of drug-likeness (QED) is 0.287. The van der Waals surface area contributed by atoms with E-state index < -0.39 is 0 Å². The van der Waals surface area contributed by atoms with Crippen LogP contribution in [0.3, 0.4) is 0 Å². The number of hydrogen-bond donors (Lipinski definition) is 1. The fourth-order valence-electron chi connectivity index (χ4n) is 4.50. The molecule has 0 spiro atoms. The third-order valence-corrected chi connectivity index (χ3v) is 6.89. The highest BCUT2D eigenvalue weighted by atomic mass is 79.9. The molecule has 5 aromatic rings. The molecule has 1 saturated heterocycles. The maximum atomic E-state index is 12.7. The normalized spacial score (nSPS) is 14.2. The van der Waals surface area contributed by atoms with Crippen molar-refractivity contribution in [2.24, 2.45) is 0 Å². The number of amides is 1. The van der Waals surface area contributed by atoms with E-state index in [1.54, 1.807) is 6.33 Å². The summed E-state index contributed by atoms with van der Waals surface area (Å²) in [5, 5.41) is 3.97. The molecule has 1 amide bonds. The first-order valence-electron chi connectivity index (χ1n) is 12.1. The van der Waals surface area contributed by atoms with E-state index in [1.807, 2.05) is 72.8 Å². The minimum Gasteiger partial charge on any atom is -0.457 e. The summed E-state index contributed by atoms with van der Waals surface area (Å²) >= 11 is 3.42. The number of benzene rings is 3. The standard InChI is InChI=1S/C28H24BrN5O3/c29-19-5-9-21(10-6-19)36-22-11-7-20(8-12-22)32-25(35)17-33-13-15-34(16-14-33)28-27-26(30-18-31-28)23-3-1-2-4-24(23)37-27/h1-12,18H,13-17H2,(H,32,35). The number of rotatable bonds is 6. The molecule has 186 valence electrons. The molecule has 6 rings (SSSR count). The third kappa shape index (κ3) is 5.14. The number of para-hydroxylation sites is 1. The van der Waals surface area contributed by atoms with E-state index in [0.29, 0.717) is 17.9 Å². The molecule has 9 heteroatoms. The van der Waals surface area contributed by atoms with Gasteiger partial charge in [0.05, 0.1) is 6.54 Å². The maximum Gasteiger partial charge on any atom is 0.238 e. The van der Waals surface area contributed by atoms with Gasteiger partial charge in [-0.1, -0.05) is 28.1 Å². The molecule has 1 fully saturated rings. The summed E-state index contributed by atoms with van der Waals surface area (Å²) < 4.78 is 12.9. The van der Waals surface area contributed by atoms with Gasteiger partial charge in [0.2, 0.25) is 5.91 Å². The third-order valence-electron chi connectivity index (χ3n) is 6.37. The van der Waals surface area contributed by atoms with Crippen LogP contribution in [0.4, 0.5) is 11.5 Å². The van der Waals surface area contributed by atoms with Gasteiger partial charge in [-0.15, -0.1) is 0 Å². The molecule has 37 heavy (non-hydrogen) atoms. The number of piperazine rings is 1.